The zero-order chi connectivity index (χ0) is 15.4. The Kier molecular flexibility index (Phi) is 4.05. The lowest BCUT2D eigenvalue weighted by atomic mass is 10.2. The highest BCUT2D eigenvalue weighted by Crippen LogP contribution is 2.25. The average Bonchev–Trinajstić information content (AvgIpc) is 2.57. The van der Waals surface area contributed by atoms with E-state index in [1.54, 1.807) is 19.5 Å². The van der Waals surface area contributed by atoms with Crippen LogP contribution < -0.4 is 15.0 Å². The van der Waals surface area contributed by atoms with Gasteiger partial charge in [-0.15, -0.1) is 0 Å². The van der Waals surface area contributed by atoms with E-state index in [1.807, 2.05) is 47.0 Å². The molecule has 0 unspecified atom stereocenters. The molecule has 0 spiro atoms. The van der Waals surface area contributed by atoms with Gasteiger partial charge in [-0.1, -0.05) is 24.3 Å². The largest absolute Gasteiger partial charge is 0.493 e. The van der Waals surface area contributed by atoms with Crippen molar-refractivity contribution < 1.29 is 9.47 Å². The van der Waals surface area contributed by atoms with Gasteiger partial charge in [-0.3, -0.25) is 4.79 Å². The van der Waals surface area contributed by atoms with Gasteiger partial charge in [0.25, 0.3) is 5.56 Å². The summed E-state index contributed by atoms with van der Waals surface area (Å²) in [6.45, 7) is 1.04. The molecule has 112 valence electrons. The molecular weight excluding hydrogens is 280 g/mol. The average molecular weight is 296 g/mol. The molecule has 5 nitrogen and oxygen atoms in total. The van der Waals surface area contributed by atoms with Crippen LogP contribution >= 0.6 is 0 Å². The minimum Gasteiger partial charge on any atom is -0.493 e. The highest BCUT2D eigenvalue weighted by molar-refractivity contribution is 5.77. The molecule has 0 amide bonds. The first-order valence-corrected chi connectivity index (χ1v) is 6.99. The molecule has 0 saturated heterocycles. The number of benzene rings is 2. The second-order valence-electron chi connectivity index (χ2n) is 4.76. The van der Waals surface area contributed by atoms with Crippen molar-refractivity contribution in [2.75, 3.05) is 13.7 Å². The fraction of sp³-hybridized carbons (Fsp3) is 0.176. The Labute approximate surface area is 127 Å². The van der Waals surface area contributed by atoms with Crippen LogP contribution in [0.3, 0.4) is 0 Å². The van der Waals surface area contributed by atoms with Gasteiger partial charge >= 0.3 is 0 Å². The van der Waals surface area contributed by atoms with Crippen LogP contribution in [0.4, 0.5) is 0 Å². The zero-order valence-electron chi connectivity index (χ0n) is 12.2. The summed E-state index contributed by atoms with van der Waals surface area (Å²) < 4.78 is 12.9. The molecule has 5 heteroatoms. The summed E-state index contributed by atoms with van der Waals surface area (Å²) >= 11 is 0. The van der Waals surface area contributed by atoms with Crippen LogP contribution in [0.25, 0.3) is 10.9 Å². The Morgan fingerprint density at radius 1 is 1.05 bits per heavy atom. The van der Waals surface area contributed by atoms with Gasteiger partial charge in [0.2, 0.25) is 0 Å². The van der Waals surface area contributed by atoms with E-state index in [0.717, 1.165) is 5.52 Å². The fourth-order valence-corrected chi connectivity index (χ4v) is 2.33. The third-order valence-corrected chi connectivity index (χ3v) is 3.42. The summed E-state index contributed by atoms with van der Waals surface area (Å²) in [6.07, 6.45) is 1.55. The maximum absolute atomic E-state index is 11.7. The van der Waals surface area contributed by atoms with E-state index in [4.69, 9.17) is 9.47 Å². The van der Waals surface area contributed by atoms with Gasteiger partial charge in [0.15, 0.2) is 11.5 Å². The van der Waals surface area contributed by atoms with Gasteiger partial charge in [0.1, 0.15) is 6.61 Å². The maximum atomic E-state index is 11.7. The first kappa shape index (κ1) is 14.1. The van der Waals surface area contributed by atoms with Gasteiger partial charge in [0.05, 0.1) is 30.9 Å². The molecule has 0 saturated carbocycles. The Morgan fingerprint density at radius 2 is 1.77 bits per heavy atom. The van der Waals surface area contributed by atoms with Crippen molar-refractivity contribution in [2.45, 2.75) is 6.54 Å². The van der Waals surface area contributed by atoms with Crippen LogP contribution in [-0.2, 0) is 6.54 Å². The van der Waals surface area contributed by atoms with Gasteiger partial charge in [-0.05, 0) is 24.3 Å². The summed E-state index contributed by atoms with van der Waals surface area (Å²) in [5.41, 5.74) is 0.642. The van der Waals surface area contributed by atoms with Crippen molar-refractivity contribution in [3.63, 3.8) is 0 Å². The lowest BCUT2D eigenvalue weighted by Gasteiger charge is -2.12. The Bertz CT molecular complexity index is 842. The molecule has 0 aliphatic heterocycles. The molecule has 0 N–H and O–H groups in total. The molecule has 0 atom stereocenters. The van der Waals surface area contributed by atoms with E-state index in [2.05, 4.69) is 4.98 Å². The number of aromatic nitrogens is 2. The molecule has 1 heterocycles. The van der Waals surface area contributed by atoms with E-state index in [-0.39, 0.29) is 5.56 Å². The topological polar surface area (TPSA) is 53.4 Å². The quantitative estimate of drug-likeness (QED) is 0.726. The Hall–Kier alpha value is -2.82. The van der Waals surface area contributed by atoms with Gasteiger partial charge in [-0.25, -0.2) is 0 Å². The van der Waals surface area contributed by atoms with Crippen molar-refractivity contribution in [1.82, 2.24) is 9.55 Å². The smallest absolute Gasteiger partial charge is 0.280 e. The number of fused-ring (bicyclic) bond motifs is 1. The van der Waals surface area contributed by atoms with Crippen molar-refractivity contribution in [2.24, 2.45) is 0 Å². The molecular formula is C17H16N2O3. The fourth-order valence-electron chi connectivity index (χ4n) is 2.33. The van der Waals surface area contributed by atoms with Gasteiger partial charge < -0.3 is 14.0 Å². The summed E-state index contributed by atoms with van der Waals surface area (Å²) in [5.74, 6) is 1.40. The first-order valence-electron chi connectivity index (χ1n) is 6.99. The van der Waals surface area contributed by atoms with E-state index in [1.165, 1.54) is 0 Å². The van der Waals surface area contributed by atoms with Crippen LogP contribution in [0.5, 0.6) is 11.5 Å². The SMILES string of the molecule is COc1ccccc1OCCn1cnc(=O)c2ccccc21. The summed E-state index contributed by atoms with van der Waals surface area (Å²) in [4.78, 5) is 15.6. The number of hydrogen-bond donors (Lipinski definition) is 0. The second kappa shape index (κ2) is 6.30. The second-order valence-corrected chi connectivity index (χ2v) is 4.76. The number of ether oxygens (including phenoxy) is 2. The minimum atomic E-state index is -0.211. The number of para-hydroxylation sites is 3. The number of hydrogen-bond acceptors (Lipinski definition) is 4. The van der Waals surface area contributed by atoms with Crippen LogP contribution in [0.2, 0.25) is 0 Å². The highest BCUT2D eigenvalue weighted by atomic mass is 16.5. The lowest BCUT2D eigenvalue weighted by molar-refractivity contribution is 0.280. The molecule has 2 aromatic carbocycles. The monoisotopic (exact) mass is 296 g/mol. The maximum Gasteiger partial charge on any atom is 0.280 e. The first-order chi connectivity index (χ1) is 10.8. The standard InChI is InChI=1S/C17H16N2O3/c1-21-15-8-4-5-9-16(15)22-11-10-19-12-18-17(20)13-6-2-3-7-14(13)19/h2-9,12H,10-11H2,1H3. The highest BCUT2D eigenvalue weighted by Gasteiger charge is 2.05. The number of methoxy groups -OCH3 is 1. The van der Waals surface area contributed by atoms with E-state index >= 15 is 0 Å². The lowest BCUT2D eigenvalue weighted by Crippen LogP contribution is -2.15. The Morgan fingerprint density at radius 3 is 2.59 bits per heavy atom. The van der Waals surface area contributed by atoms with E-state index in [9.17, 15) is 4.79 Å². The van der Waals surface area contributed by atoms with Crippen molar-refractivity contribution in [3.8, 4) is 11.5 Å². The molecule has 0 fully saturated rings. The molecule has 3 rings (SSSR count). The summed E-state index contributed by atoms with van der Waals surface area (Å²) in [7, 11) is 1.61. The van der Waals surface area contributed by atoms with E-state index in [0.29, 0.717) is 30.0 Å². The van der Waals surface area contributed by atoms with Crippen LogP contribution in [0.15, 0.2) is 59.7 Å². The van der Waals surface area contributed by atoms with Crippen LogP contribution in [0.1, 0.15) is 0 Å². The van der Waals surface area contributed by atoms with Crippen molar-refractivity contribution in [1.29, 1.82) is 0 Å². The molecule has 1 aromatic heterocycles. The third-order valence-electron chi connectivity index (χ3n) is 3.42. The molecule has 3 aromatic rings. The third kappa shape index (κ3) is 2.79. The molecule has 22 heavy (non-hydrogen) atoms. The normalized spacial score (nSPS) is 10.6. The molecule has 0 bridgehead atoms. The molecule has 0 aliphatic carbocycles. The van der Waals surface area contributed by atoms with E-state index < -0.39 is 0 Å². The Balaban J connectivity index is 1.77. The summed E-state index contributed by atoms with van der Waals surface area (Å²) in [5, 5.41) is 0.613. The summed E-state index contributed by atoms with van der Waals surface area (Å²) in [6, 6.07) is 14.9. The predicted octanol–water partition coefficient (Wildman–Crippen LogP) is 2.48. The van der Waals surface area contributed by atoms with Crippen LogP contribution in [0, 0.1) is 0 Å². The number of nitrogens with zero attached hydrogens (tertiary/aromatic N) is 2. The predicted molar refractivity (Wildman–Crippen MR) is 84.5 cm³/mol. The molecule has 0 radical (unpaired) electrons. The minimum absolute atomic E-state index is 0.211. The van der Waals surface area contributed by atoms with Gasteiger partial charge in [-0.2, -0.15) is 4.98 Å². The zero-order valence-corrected chi connectivity index (χ0v) is 12.2. The van der Waals surface area contributed by atoms with Crippen LogP contribution in [-0.4, -0.2) is 23.3 Å². The van der Waals surface area contributed by atoms with Gasteiger partial charge in [0, 0.05) is 0 Å². The van der Waals surface area contributed by atoms with Crippen molar-refractivity contribution >= 4 is 10.9 Å². The van der Waals surface area contributed by atoms with Crippen molar-refractivity contribution in [3.05, 3.63) is 65.2 Å². The number of rotatable bonds is 5. The molecule has 0 aliphatic rings.